The molecule has 0 saturated carbocycles. The minimum atomic E-state index is -0.0741. The molecule has 0 aromatic rings. The third-order valence-electron chi connectivity index (χ3n) is 1.70. The lowest BCUT2D eigenvalue weighted by Gasteiger charge is -2.19. The van der Waals surface area contributed by atoms with Crippen molar-refractivity contribution in [3.8, 4) is 0 Å². The van der Waals surface area contributed by atoms with Crippen LogP contribution in [0, 0.1) is 5.92 Å². The summed E-state index contributed by atoms with van der Waals surface area (Å²) >= 11 is 0. The summed E-state index contributed by atoms with van der Waals surface area (Å²) in [4.78, 5) is 21.5. The van der Waals surface area contributed by atoms with Crippen molar-refractivity contribution < 1.29 is 9.59 Å². The lowest BCUT2D eigenvalue weighted by atomic mass is 9.99. The smallest absolute Gasteiger partial charge is 0.217 e. The summed E-state index contributed by atoms with van der Waals surface area (Å²) in [7, 11) is 0. The Balaban J connectivity index is 4.04. The number of Topliss-reactive ketones (excluding diaryl/α,β-unsaturated/α-hetero) is 1. The van der Waals surface area contributed by atoms with Crippen molar-refractivity contribution in [1.82, 2.24) is 5.32 Å². The maximum absolute atomic E-state index is 10.8. The monoisotopic (exact) mass is 171 g/mol. The average Bonchev–Trinajstić information content (AvgIpc) is 1.83. The van der Waals surface area contributed by atoms with Gasteiger partial charge in [-0.15, -0.1) is 0 Å². The zero-order valence-electron chi connectivity index (χ0n) is 8.18. The first-order valence-corrected chi connectivity index (χ1v) is 4.20. The van der Waals surface area contributed by atoms with Crippen LogP contribution in [0.25, 0.3) is 0 Å². The summed E-state index contributed by atoms with van der Waals surface area (Å²) in [5, 5.41) is 2.75. The van der Waals surface area contributed by atoms with Gasteiger partial charge in [0.25, 0.3) is 0 Å². The Labute approximate surface area is 73.5 Å². The molecule has 0 aliphatic carbocycles. The first-order chi connectivity index (χ1) is 5.43. The van der Waals surface area contributed by atoms with Crippen molar-refractivity contribution in [2.45, 2.75) is 40.2 Å². The molecule has 0 saturated heterocycles. The largest absolute Gasteiger partial charge is 0.353 e. The number of amides is 1. The van der Waals surface area contributed by atoms with E-state index in [1.165, 1.54) is 13.8 Å². The first-order valence-electron chi connectivity index (χ1n) is 4.20. The van der Waals surface area contributed by atoms with Crippen LogP contribution in [0.2, 0.25) is 0 Å². The van der Waals surface area contributed by atoms with Crippen molar-refractivity contribution in [1.29, 1.82) is 0 Å². The second kappa shape index (κ2) is 4.91. The molecule has 0 radical (unpaired) electrons. The van der Waals surface area contributed by atoms with Crippen molar-refractivity contribution in [3.63, 3.8) is 0 Å². The van der Waals surface area contributed by atoms with Crippen LogP contribution in [-0.4, -0.2) is 17.7 Å². The van der Waals surface area contributed by atoms with Gasteiger partial charge in [0.05, 0.1) is 0 Å². The van der Waals surface area contributed by atoms with E-state index in [0.717, 1.165) is 0 Å². The number of hydrogen-bond acceptors (Lipinski definition) is 2. The summed E-state index contributed by atoms with van der Waals surface area (Å²) < 4.78 is 0. The van der Waals surface area contributed by atoms with Crippen LogP contribution in [0.15, 0.2) is 0 Å². The molecule has 1 atom stereocenters. The van der Waals surface area contributed by atoms with E-state index in [2.05, 4.69) is 5.32 Å². The fourth-order valence-electron chi connectivity index (χ4n) is 1.02. The maximum atomic E-state index is 10.8. The fourth-order valence-corrected chi connectivity index (χ4v) is 1.02. The van der Waals surface area contributed by atoms with Crippen molar-refractivity contribution in [3.05, 3.63) is 0 Å². The van der Waals surface area contributed by atoms with Gasteiger partial charge in [-0.2, -0.15) is 0 Å². The Kier molecular flexibility index (Phi) is 4.55. The topological polar surface area (TPSA) is 46.2 Å². The molecule has 3 heteroatoms. The van der Waals surface area contributed by atoms with E-state index in [9.17, 15) is 9.59 Å². The average molecular weight is 171 g/mol. The SMILES string of the molecule is CC(=O)CC(NC(C)=O)C(C)C. The van der Waals surface area contributed by atoms with E-state index >= 15 is 0 Å². The standard InChI is InChI=1S/C9H17NO2/c1-6(2)9(5-7(3)11)10-8(4)12/h6,9H,5H2,1-4H3,(H,10,12). The Morgan fingerprint density at radius 1 is 1.25 bits per heavy atom. The molecular weight excluding hydrogens is 154 g/mol. The number of nitrogens with one attached hydrogen (secondary N) is 1. The lowest BCUT2D eigenvalue weighted by Crippen LogP contribution is -2.38. The van der Waals surface area contributed by atoms with Gasteiger partial charge in [-0.3, -0.25) is 9.59 Å². The van der Waals surface area contributed by atoms with Gasteiger partial charge < -0.3 is 5.32 Å². The molecule has 0 aliphatic rings. The van der Waals surface area contributed by atoms with Gasteiger partial charge in [0.2, 0.25) is 5.91 Å². The zero-order valence-corrected chi connectivity index (χ0v) is 8.18. The molecule has 0 aliphatic heterocycles. The third kappa shape index (κ3) is 4.88. The molecule has 0 fully saturated rings. The zero-order chi connectivity index (χ0) is 9.72. The van der Waals surface area contributed by atoms with Crippen LogP contribution in [-0.2, 0) is 9.59 Å². The van der Waals surface area contributed by atoms with Gasteiger partial charge in [-0.25, -0.2) is 0 Å². The molecule has 0 spiro atoms. The van der Waals surface area contributed by atoms with Crippen LogP contribution in [0.3, 0.4) is 0 Å². The lowest BCUT2D eigenvalue weighted by molar-refractivity contribution is -0.121. The van der Waals surface area contributed by atoms with Gasteiger partial charge in [-0.05, 0) is 12.8 Å². The fraction of sp³-hybridized carbons (Fsp3) is 0.778. The second-order valence-corrected chi connectivity index (χ2v) is 3.46. The van der Waals surface area contributed by atoms with Crippen LogP contribution in [0.5, 0.6) is 0 Å². The van der Waals surface area contributed by atoms with E-state index in [1.54, 1.807) is 0 Å². The van der Waals surface area contributed by atoms with Crippen molar-refractivity contribution >= 4 is 11.7 Å². The number of hydrogen-bond donors (Lipinski definition) is 1. The molecule has 0 rings (SSSR count). The Morgan fingerprint density at radius 3 is 2.00 bits per heavy atom. The van der Waals surface area contributed by atoms with E-state index in [-0.39, 0.29) is 17.7 Å². The van der Waals surface area contributed by atoms with E-state index in [1.807, 2.05) is 13.8 Å². The number of ketones is 1. The summed E-state index contributed by atoms with van der Waals surface area (Å²) in [6, 6.07) is -0.0139. The van der Waals surface area contributed by atoms with Gasteiger partial charge in [-0.1, -0.05) is 13.8 Å². The predicted molar refractivity (Wildman–Crippen MR) is 47.7 cm³/mol. The molecular formula is C9H17NO2. The molecule has 1 N–H and O–H groups in total. The number of rotatable bonds is 4. The first kappa shape index (κ1) is 11.1. The van der Waals surface area contributed by atoms with E-state index < -0.39 is 0 Å². The highest BCUT2D eigenvalue weighted by atomic mass is 16.1. The highest BCUT2D eigenvalue weighted by Gasteiger charge is 2.15. The number of carbonyl (C=O) groups is 2. The van der Waals surface area contributed by atoms with Crippen LogP contribution in [0.1, 0.15) is 34.1 Å². The molecule has 0 aromatic heterocycles. The number of carbonyl (C=O) groups excluding carboxylic acids is 2. The molecule has 0 bridgehead atoms. The van der Waals surface area contributed by atoms with Crippen molar-refractivity contribution in [2.75, 3.05) is 0 Å². The Hall–Kier alpha value is -0.860. The van der Waals surface area contributed by atoms with Crippen LogP contribution >= 0.6 is 0 Å². The molecule has 1 unspecified atom stereocenters. The van der Waals surface area contributed by atoms with Crippen LogP contribution in [0.4, 0.5) is 0 Å². The van der Waals surface area contributed by atoms with Gasteiger partial charge in [0.15, 0.2) is 0 Å². The third-order valence-corrected chi connectivity index (χ3v) is 1.70. The highest BCUT2D eigenvalue weighted by Crippen LogP contribution is 2.06. The molecule has 70 valence electrons. The molecule has 12 heavy (non-hydrogen) atoms. The molecule has 0 aromatic carbocycles. The van der Waals surface area contributed by atoms with Crippen LogP contribution < -0.4 is 5.32 Å². The van der Waals surface area contributed by atoms with E-state index in [0.29, 0.717) is 12.3 Å². The minimum absolute atomic E-state index is 0.0139. The quantitative estimate of drug-likeness (QED) is 0.689. The normalized spacial score (nSPS) is 12.8. The summed E-state index contributed by atoms with van der Waals surface area (Å²) in [5.41, 5.74) is 0. The van der Waals surface area contributed by atoms with Crippen molar-refractivity contribution in [2.24, 2.45) is 5.92 Å². The van der Waals surface area contributed by atoms with Gasteiger partial charge in [0.1, 0.15) is 5.78 Å². The molecule has 0 heterocycles. The summed E-state index contributed by atoms with van der Waals surface area (Å²) in [6.45, 7) is 6.99. The second-order valence-electron chi connectivity index (χ2n) is 3.46. The summed E-state index contributed by atoms with van der Waals surface area (Å²) in [6.07, 6.45) is 0.428. The Bertz CT molecular complexity index is 159. The minimum Gasteiger partial charge on any atom is -0.353 e. The summed E-state index contributed by atoms with van der Waals surface area (Å²) in [5.74, 6) is 0.343. The molecule has 1 amide bonds. The van der Waals surface area contributed by atoms with E-state index in [4.69, 9.17) is 0 Å². The highest BCUT2D eigenvalue weighted by molar-refractivity contribution is 5.78. The maximum Gasteiger partial charge on any atom is 0.217 e. The van der Waals surface area contributed by atoms with Gasteiger partial charge >= 0.3 is 0 Å². The molecule has 3 nitrogen and oxygen atoms in total. The predicted octanol–water partition coefficient (Wildman–Crippen LogP) is 1.13. The van der Waals surface area contributed by atoms with Gasteiger partial charge in [0, 0.05) is 19.4 Å². The Morgan fingerprint density at radius 2 is 1.75 bits per heavy atom.